The highest BCUT2D eigenvalue weighted by Gasteiger charge is 2.16. The number of fused-ring (bicyclic) bond motifs is 1. The number of carbonyl (C=O) groups excluding carboxylic acids is 1. The van der Waals surface area contributed by atoms with Crippen LogP contribution in [0.25, 0.3) is 21.0 Å². The number of benzene rings is 1. The number of hydrogen-bond donors (Lipinski definition) is 1. The Bertz CT molecular complexity index is 1250. The van der Waals surface area contributed by atoms with Gasteiger partial charge in [0.2, 0.25) is 0 Å². The van der Waals surface area contributed by atoms with Gasteiger partial charge in [0.15, 0.2) is 25.8 Å². The highest BCUT2D eigenvalue weighted by molar-refractivity contribution is 7.90. The Balaban J connectivity index is 1.57. The first-order valence-electron chi connectivity index (χ1n) is 7.55. The average molecular weight is 417 g/mol. The van der Waals surface area contributed by atoms with Crippen LogP contribution in [0.3, 0.4) is 0 Å². The van der Waals surface area contributed by atoms with Gasteiger partial charge in [-0.3, -0.25) is 10.1 Å². The van der Waals surface area contributed by atoms with Crippen molar-refractivity contribution in [1.29, 1.82) is 0 Å². The van der Waals surface area contributed by atoms with Crippen molar-refractivity contribution in [2.75, 3.05) is 11.6 Å². The maximum Gasteiger partial charge on any atom is 0.276 e. The Morgan fingerprint density at radius 2 is 1.93 bits per heavy atom. The second kappa shape index (κ2) is 6.76. The highest BCUT2D eigenvalue weighted by atomic mass is 32.2. The summed E-state index contributed by atoms with van der Waals surface area (Å²) in [5.41, 5.74) is 0.845. The fraction of sp³-hybridized carbons (Fsp3) is 0.0625. The first-order valence-corrected chi connectivity index (χ1v) is 11.1. The maximum atomic E-state index is 12.4. The van der Waals surface area contributed by atoms with Crippen LogP contribution in [0, 0.1) is 0 Å². The topological polar surface area (TPSA) is 115 Å². The Morgan fingerprint density at radius 1 is 1.15 bits per heavy atom. The lowest BCUT2D eigenvalue weighted by Gasteiger charge is -1.97. The average Bonchev–Trinajstić information content (AvgIpc) is 3.27. The first-order chi connectivity index (χ1) is 12.9. The Labute approximate surface area is 161 Å². The third-order valence-electron chi connectivity index (χ3n) is 3.50. The van der Waals surface area contributed by atoms with Crippen LogP contribution in [-0.2, 0) is 9.84 Å². The minimum absolute atomic E-state index is 0.212. The molecule has 0 fully saturated rings. The zero-order chi connectivity index (χ0) is 19.0. The molecule has 0 saturated carbocycles. The van der Waals surface area contributed by atoms with E-state index in [2.05, 4.69) is 25.3 Å². The monoisotopic (exact) mass is 417 g/mol. The standard InChI is InChI=1S/C16H11N5O3S3/c1-27(23,24)9-3-4-10-12(7-9)26-16(20-10)21-14(22)11-8-25-15(19-11)13-17-5-2-6-18-13/h2-8H,1H3,(H,20,21,22). The van der Waals surface area contributed by atoms with E-state index in [4.69, 9.17) is 0 Å². The highest BCUT2D eigenvalue weighted by Crippen LogP contribution is 2.29. The number of thiazole rings is 2. The van der Waals surface area contributed by atoms with E-state index in [1.165, 1.54) is 28.7 Å². The normalized spacial score (nSPS) is 11.6. The summed E-state index contributed by atoms with van der Waals surface area (Å²) in [6.07, 6.45) is 4.36. The van der Waals surface area contributed by atoms with Gasteiger partial charge < -0.3 is 0 Å². The molecule has 27 heavy (non-hydrogen) atoms. The maximum absolute atomic E-state index is 12.4. The van der Waals surface area contributed by atoms with Gasteiger partial charge in [0.05, 0.1) is 15.1 Å². The minimum Gasteiger partial charge on any atom is -0.296 e. The summed E-state index contributed by atoms with van der Waals surface area (Å²) in [4.78, 5) is 29.4. The van der Waals surface area contributed by atoms with Gasteiger partial charge in [-0.15, -0.1) is 11.3 Å². The van der Waals surface area contributed by atoms with E-state index in [-0.39, 0.29) is 10.6 Å². The van der Waals surface area contributed by atoms with Crippen LogP contribution < -0.4 is 5.32 Å². The minimum atomic E-state index is -3.30. The molecule has 0 atom stereocenters. The second-order valence-electron chi connectivity index (χ2n) is 5.49. The number of anilines is 1. The molecule has 4 rings (SSSR count). The van der Waals surface area contributed by atoms with E-state index >= 15 is 0 Å². The number of hydrogen-bond acceptors (Lipinski definition) is 9. The Kier molecular flexibility index (Phi) is 4.42. The van der Waals surface area contributed by atoms with Gasteiger partial charge in [0, 0.05) is 24.0 Å². The number of sulfone groups is 1. The molecular formula is C16H11N5O3S3. The fourth-order valence-corrected chi connectivity index (χ4v) is 4.61. The van der Waals surface area contributed by atoms with Gasteiger partial charge in [0.25, 0.3) is 5.91 Å². The van der Waals surface area contributed by atoms with Gasteiger partial charge in [-0.1, -0.05) is 11.3 Å². The predicted octanol–water partition coefficient (Wildman–Crippen LogP) is 2.87. The van der Waals surface area contributed by atoms with Crippen molar-refractivity contribution in [2.45, 2.75) is 4.90 Å². The van der Waals surface area contributed by atoms with E-state index in [0.717, 1.165) is 6.26 Å². The molecule has 0 unspecified atom stereocenters. The lowest BCUT2D eigenvalue weighted by molar-refractivity contribution is 0.102. The van der Waals surface area contributed by atoms with Crippen LogP contribution in [0.2, 0.25) is 0 Å². The number of aromatic nitrogens is 4. The van der Waals surface area contributed by atoms with Crippen LogP contribution in [0.5, 0.6) is 0 Å². The van der Waals surface area contributed by atoms with Gasteiger partial charge in [-0.25, -0.2) is 28.4 Å². The molecule has 0 radical (unpaired) electrons. The van der Waals surface area contributed by atoms with Crippen molar-refractivity contribution in [3.05, 3.63) is 47.7 Å². The molecule has 1 aromatic carbocycles. The van der Waals surface area contributed by atoms with E-state index in [1.54, 1.807) is 36.0 Å². The quantitative estimate of drug-likeness (QED) is 0.543. The van der Waals surface area contributed by atoms with E-state index in [1.807, 2.05) is 0 Å². The third kappa shape index (κ3) is 3.70. The van der Waals surface area contributed by atoms with Crippen molar-refractivity contribution in [1.82, 2.24) is 19.9 Å². The molecule has 0 aliphatic heterocycles. The summed E-state index contributed by atoms with van der Waals surface area (Å²) >= 11 is 2.47. The van der Waals surface area contributed by atoms with Crippen LogP contribution in [-0.4, -0.2) is 40.5 Å². The molecule has 0 bridgehead atoms. The molecule has 1 N–H and O–H groups in total. The van der Waals surface area contributed by atoms with Crippen molar-refractivity contribution < 1.29 is 13.2 Å². The molecule has 1 amide bonds. The molecule has 11 heteroatoms. The van der Waals surface area contributed by atoms with Crippen molar-refractivity contribution >= 4 is 53.8 Å². The summed E-state index contributed by atoms with van der Waals surface area (Å²) in [7, 11) is -3.30. The van der Waals surface area contributed by atoms with Gasteiger partial charge >= 0.3 is 0 Å². The molecule has 3 aromatic heterocycles. The Morgan fingerprint density at radius 3 is 2.67 bits per heavy atom. The molecule has 4 aromatic rings. The molecule has 0 spiro atoms. The van der Waals surface area contributed by atoms with E-state index in [9.17, 15) is 13.2 Å². The summed E-state index contributed by atoms with van der Waals surface area (Å²) < 4.78 is 24.0. The smallest absolute Gasteiger partial charge is 0.276 e. The SMILES string of the molecule is CS(=O)(=O)c1ccc2nc(NC(=O)c3csc(-c4ncccn4)n3)sc2c1. The second-order valence-corrected chi connectivity index (χ2v) is 9.39. The van der Waals surface area contributed by atoms with E-state index < -0.39 is 15.7 Å². The summed E-state index contributed by atoms with van der Waals surface area (Å²) in [5, 5.41) is 5.23. The first kappa shape index (κ1) is 17.6. The lowest BCUT2D eigenvalue weighted by atomic mass is 10.3. The Hall–Kier alpha value is -2.76. The summed E-state index contributed by atoms with van der Waals surface area (Å²) in [6, 6.07) is 6.36. The van der Waals surface area contributed by atoms with Crippen molar-refractivity contribution in [2.24, 2.45) is 0 Å². The van der Waals surface area contributed by atoms with Crippen LogP contribution in [0.1, 0.15) is 10.5 Å². The van der Waals surface area contributed by atoms with Crippen LogP contribution >= 0.6 is 22.7 Å². The van der Waals surface area contributed by atoms with Crippen LogP contribution in [0.4, 0.5) is 5.13 Å². The van der Waals surface area contributed by atoms with Gasteiger partial charge in [-0.05, 0) is 24.3 Å². The molecule has 8 nitrogen and oxygen atoms in total. The lowest BCUT2D eigenvalue weighted by Crippen LogP contribution is -2.12. The van der Waals surface area contributed by atoms with Gasteiger partial charge in [0.1, 0.15) is 5.69 Å². The fourth-order valence-electron chi connectivity index (χ4n) is 2.24. The molecule has 136 valence electrons. The summed E-state index contributed by atoms with van der Waals surface area (Å²) in [5.74, 6) is 0.0469. The third-order valence-corrected chi connectivity index (χ3v) is 6.38. The van der Waals surface area contributed by atoms with Gasteiger partial charge in [-0.2, -0.15) is 0 Å². The molecule has 0 aliphatic rings. The number of nitrogens with one attached hydrogen (secondary N) is 1. The number of amides is 1. The zero-order valence-electron chi connectivity index (χ0n) is 13.8. The molecule has 0 aliphatic carbocycles. The number of nitrogens with zero attached hydrogens (tertiary/aromatic N) is 4. The predicted molar refractivity (Wildman–Crippen MR) is 104 cm³/mol. The zero-order valence-corrected chi connectivity index (χ0v) is 16.2. The molecular weight excluding hydrogens is 406 g/mol. The number of rotatable bonds is 4. The van der Waals surface area contributed by atoms with E-state index in [0.29, 0.717) is 26.2 Å². The van der Waals surface area contributed by atoms with Crippen LogP contribution in [0.15, 0.2) is 46.9 Å². The van der Waals surface area contributed by atoms with Crippen molar-refractivity contribution in [3.63, 3.8) is 0 Å². The van der Waals surface area contributed by atoms with Crippen molar-refractivity contribution in [3.8, 4) is 10.8 Å². The largest absolute Gasteiger partial charge is 0.296 e. The molecule has 0 saturated heterocycles. The molecule has 3 heterocycles. The summed E-state index contributed by atoms with van der Waals surface area (Å²) in [6.45, 7) is 0. The number of carbonyl (C=O) groups is 1.